The molecule has 2 saturated heterocycles. The fourth-order valence-electron chi connectivity index (χ4n) is 4.37. The third kappa shape index (κ3) is 4.54. The molecule has 0 saturated carbocycles. The zero-order valence-corrected chi connectivity index (χ0v) is 17.6. The number of hydrogen-bond donors (Lipinski definition) is 0. The molecular weight excluding hydrogens is 364 g/mol. The van der Waals surface area contributed by atoms with Gasteiger partial charge in [-0.3, -0.25) is 14.4 Å². The van der Waals surface area contributed by atoms with Crippen molar-refractivity contribution in [3.8, 4) is 0 Å². The fraction of sp³-hybridized carbons (Fsp3) is 0.565. The molecule has 0 radical (unpaired) electrons. The molecular formula is C23H32N4O2. The molecule has 1 aromatic heterocycles. The lowest BCUT2D eigenvalue weighted by Gasteiger charge is -2.47. The molecule has 4 rings (SSSR count). The summed E-state index contributed by atoms with van der Waals surface area (Å²) in [5, 5.41) is 4.67. The van der Waals surface area contributed by atoms with Gasteiger partial charge in [0, 0.05) is 43.6 Å². The number of amides is 1. The van der Waals surface area contributed by atoms with E-state index in [4.69, 9.17) is 4.74 Å². The fourth-order valence-corrected chi connectivity index (χ4v) is 4.37. The molecule has 0 unspecified atom stereocenters. The predicted molar refractivity (Wildman–Crippen MR) is 114 cm³/mol. The Balaban J connectivity index is 1.36. The number of ether oxygens (including phenoxy) is 1. The second-order valence-electron chi connectivity index (χ2n) is 8.42. The summed E-state index contributed by atoms with van der Waals surface area (Å²) >= 11 is 0. The van der Waals surface area contributed by atoms with Gasteiger partial charge in [-0.25, -0.2) is 0 Å². The summed E-state index contributed by atoms with van der Waals surface area (Å²) in [6.45, 7) is 9.05. The molecule has 1 spiro atoms. The van der Waals surface area contributed by atoms with Crippen LogP contribution in [0.2, 0.25) is 0 Å². The summed E-state index contributed by atoms with van der Waals surface area (Å²) in [4.78, 5) is 16.8. The smallest absolute Gasteiger partial charge is 0.253 e. The Morgan fingerprint density at radius 3 is 2.66 bits per heavy atom. The number of rotatable bonds is 6. The van der Waals surface area contributed by atoms with Gasteiger partial charge in [0.05, 0.1) is 17.8 Å². The average Bonchev–Trinajstić information content (AvgIpc) is 3.10. The van der Waals surface area contributed by atoms with Crippen molar-refractivity contribution in [1.29, 1.82) is 0 Å². The number of unbranched alkanes of at least 4 members (excludes halogenated alkanes) is 1. The molecule has 2 fully saturated rings. The van der Waals surface area contributed by atoms with Gasteiger partial charge in [0.2, 0.25) is 0 Å². The molecule has 1 aromatic carbocycles. The highest BCUT2D eigenvalue weighted by Crippen LogP contribution is 2.33. The van der Waals surface area contributed by atoms with Crippen LogP contribution in [0.5, 0.6) is 0 Å². The summed E-state index contributed by atoms with van der Waals surface area (Å²) in [5.74, 6) is 0.0550. The minimum atomic E-state index is -0.222. The predicted octanol–water partition coefficient (Wildman–Crippen LogP) is 3.39. The monoisotopic (exact) mass is 396 g/mol. The van der Waals surface area contributed by atoms with E-state index in [9.17, 15) is 4.79 Å². The number of piperidine rings is 1. The van der Waals surface area contributed by atoms with Crippen molar-refractivity contribution in [2.45, 2.75) is 58.2 Å². The van der Waals surface area contributed by atoms with Crippen LogP contribution in [0.1, 0.15) is 43.9 Å². The molecule has 0 aliphatic carbocycles. The Morgan fingerprint density at radius 1 is 1.17 bits per heavy atom. The Bertz CT molecular complexity index is 825. The van der Waals surface area contributed by atoms with Crippen LogP contribution in [-0.4, -0.2) is 52.4 Å². The number of aromatic nitrogens is 2. The van der Waals surface area contributed by atoms with Crippen LogP contribution in [-0.2, 0) is 22.6 Å². The van der Waals surface area contributed by atoms with Crippen molar-refractivity contribution in [1.82, 2.24) is 14.7 Å². The maximum atomic E-state index is 12.4. The normalized spacial score (nSPS) is 19.8. The van der Waals surface area contributed by atoms with E-state index in [1.54, 1.807) is 0 Å². The van der Waals surface area contributed by atoms with E-state index < -0.39 is 0 Å². The molecule has 2 aliphatic heterocycles. The van der Waals surface area contributed by atoms with E-state index >= 15 is 0 Å². The first kappa shape index (κ1) is 20.1. The molecule has 6 nitrogen and oxygen atoms in total. The standard InChI is InChI=1S/C23H32N4O2/c1-3-4-12-26-16-20(19(2)24-26)15-25-13-10-23(11-14-25)18-27(22(28)17-29-23)21-8-6-5-7-9-21/h5-9,16H,3-4,10-15,17-18H2,1-2H3. The van der Waals surface area contributed by atoms with Crippen LogP contribution in [0, 0.1) is 6.92 Å². The van der Waals surface area contributed by atoms with Crippen LogP contribution >= 0.6 is 0 Å². The zero-order chi connectivity index (χ0) is 20.3. The van der Waals surface area contributed by atoms with Crippen LogP contribution in [0.4, 0.5) is 5.69 Å². The second-order valence-corrected chi connectivity index (χ2v) is 8.42. The average molecular weight is 397 g/mol. The van der Waals surface area contributed by atoms with Crippen LogP contribution in [0.3, 0.4) is 0 Å². The van der Waals surface area contributed by atoms with Crippen LogP contribution < -0.4 is 4.90 Å². The highest BCUT2D eigenvalue weighted by atomic mass is 16.5. The number of carbonyl (C=O) groups is 1. The third-order valence-electron chi connectivity index (χ3n) is 6.27. The van der Waals surface area contributed by atoms with E-state index in [0.717, 1.165) is 50.4 Å². The van der Waals surface area contributed by atoms with E-state index in [1.807, 2.05) is 35.2 Å². The van der Waals surface area contributed by atoms with Gasteiger partial charge in [-0.1, -0.05) is 31.5 Å². The summed E-state index contributed by atoms with van der Waals surface area (Å²) in [7, 11) is 0. The third-order valence-corrected chi connectivity index (χ3v) is 6.27. The number of aryl methyl sites for hydroxylation is 2. The van der Waals surface area contributed by atoms with Gasteiger partial charge in [-0.15, -0.1) is 0 Å². The summed E-state index contributed by atoms with van der Waals surface area (Å²) in [5.41, 5.74) is 3.21. The first-order valence-corrected chi connectivity index (χ1v) is 10.8. The molecule has 1 amide bonds. The molecule has 2 aliphatic rings. The molecule has 0 bridgehead atoms. The van der Waals surface area contributed by atoms with Gasteiger partial charge in [-0.2, -0.15) is 5.10 Å². The van der Waals surface area contributed by atoms with Crippen molar-refractivity contribution < 1.29 is 9.53 Å². The minimum Gasteiger partial charge on any atom is -0.363 e. The Kier molecular flexibility index (Phi) is 6.01. The van der Waals surface area contributed by atoms with Crippen molar-refractivity contribution >= 4 is 11.6 Å². The van der Waals surface area contributed by atoms with E-state index in [2.05, 4.69) is 34.7 Å². The zero-order valence-electron chi connectivity index (χ0n) is 17.6. The lowest BCUT2D eigenvalue weighted by Crippen LogP contribution is -2.58. The highest BCUT2D eigenvalue weighted by molar-refractivity contribution is 5.95. The van der Waals surface area contributed by atoms with E-state index in [1.165, 1.54) is 18.4 Å². The molecule has 3 heterocycles. The largest absolute Gasteiger partial charge is 0.363 e. The lowest BCUT2D eigenvalue weighted by molar-refractivity contribution is -0.144. The molecule has 29 heavy (non-hydrogen) atoms. The van der Waals surface area contributed by atoms with Gasteiger partial charge in [0.1, 0.15) is 6.61 Å². The quantitative estimate of drug-likeness (QED) is 0.751. The first-order valence-electron chi connectivity index (χ1n) is 10.8. The number of para-hydroxylation sites is 1. The topological polar surface area (TPSA) is 50.6 Å². The van der Waals surface area contributed by atoms with E-state index in [-0.39, 0.29) is 18.1 Å². The van der Waals surface area contributed by atoms with Gasteiger partial charge >= 0.3 is 0 Å². The van der Waals surface area contributed by atoms with Crippen molar-refractivity contribution in [3.05, 3.63) is 47.8 Å². The molecule has 0 atom stereocenters. The molecule has 156 valence electrons. The van der Waals surface area contributed by atoms with Gasteiger partial charge in [-0.05, 0) is 38.3 Å². The van der Waals surface area contributed by atoms with Crippen LogP contribution in [0.25, 0.3) is 0 Å². The van der Waals surface area contributed by atoms with E-state index in [0.29, 0.717) is 6.54 Å². The SMILES string of the molecule is CCCCn1cc(CN2CCC3(CC2)CN(c2ccccc2)C(=O)CO3)c(C)n1. The van der Waals surface area contributed by atoms with Crippen LogP contribution in [0.15, 0.2) is 36.5 Å². The molecule has 6 heteroatoms. The maximum absolute atomic E-state index is 12.4. The Labute approximate surface area is 173 Å². The number of morpholine rings is 1. The van der Waals surface area contributed by atoms with Gasteiger partial charge in [0.15, 0.2) is 0 Å². The van der Waals surface area contributed by atoms with Crippen molar-refractivity contribution in [3.63, 3.8) is 0 Å². The summed E-state index contributed by atoms with van der Waals surface area (Å²) in [6, 6.07) is 9.96. The van der Waals surface area contributed by atoms with Crippen molar-refractivity contribution in [2.75, 3.05) is 31.1 Å². The summed E-state index contributed by atoms with van der Waals surface area (Å²) < 4.78 is 8.20. The summed E-state index contributed by atoms with van der Waals surface area (Å²) in [6.07, 6.45) is 6.47. The highest BCUT2D eigenvalue weighted by Gasteiger charge is 2.42. The molecule has 2 aromatic rings. The molecule has 0 N–H and O–H groups in total. The number of nitrogens with zero attached hydrogens (tertiary/aromatic N) is 4. The Hall–Kier alpha value is -2.18. The number of likely N-dealkylation sites (tertiary alicyclic amines) is 1. The van der Waals surface area contributed by atoms with Gasteiger partial charge < -0.3 is 9.64 Å². The number of carbonyl (C=O) groups excluding carboxylic acids is 1. The van der Waals surface area contributed by atoms with Crippen molar-refractivity contribution in [2.24, 2.45) is 0 Å². The van der Waals surface area contributed by atoms with Gasteiger partial charge in [0.25, 0.3) is 5.91 Å². The Morgan fingerprint density at radius 2 is 1.93 bits per heavy atom. The minimum absolute atomic E-state index is 0.0550. The number of anilines is 1. The number of benzene rings is 1. The lowest BCUT2D eigenvalue weighted by atomic mass is 9.89. The number of hydrogen-bond acceptors (Lipinski definition) is 4. The second kappa shape index (κ2) is 8.67. The first-order chi connectivity index (χ1) is 14.1. The maximum Gasteiger partial charge on any atom is 0.253 e.